The lowest BCUT2D eigenvalue weighted by Gasteiger charge is -2.21. The molecule has 3 nitrogen and oxygen atoms in total. The topological polar surface area (TPSA) is 38.3 Å². The van der Waals surface area contributed by atoms with E-state index in [1.165, 1.54) is 35.1 Å². The number of carbonyl (C=O) groups excluding carboxylic acids is 1. The van der Waals surface area contributed by atoms with Crippen LogP contribution in [0.1, 0.15) is 55.0 Å². The van der Waals surface area contributed by atoms with Gasteiger partial charge in [0.15, 0.2) is 6.10 Å². The molecule has 2 aromatic carbocycles. The molecule has 2 aromatic rings. The first-order valence-electron chi connectivity index (χ1n) is 9.22. The van der Waals surface area contributed by atoms with Gasteiger partial charge < -0.3 is 10.1 Å². The van der Waals surface area contributed by atoms with Crippen LogP contribution >= 0.6 is 0 Å². The van der Waals surface area contributed by atoms with Crippen molar-refractivity contribution in [1.82, 2.24) is 5.32 Å². The third-order valence-electron chi connectivity index (χ3n) is 4.94. The van der Waals surface area contributed by atoms with Crippen molar-refractivity contribution >= 4 is 5.91 Å². The first-order chi connectivity index (χ1) is 12.1. The van der Waals surface area contributed by atoms with Gasteiger partial charge in [-0.3, -0.25) is 4.79 Å². The zero-order valence-electron chi connectivity index (χ0n) is 15.3. The van der Waals surface area contributed by atoms with E-state index < -0.39 is 6.10 Å². The molecule has 2 atom stereocenters. The summed E-state index contributed by atoms with van der Waals surface area (Å²) < 4.78 is 5.88. The lowest BCUT2D eigenvalue weighted by molar-refractivity contribution is -0.128. The molecule has 1 aliphatic carbocycles. The molecule has 0 radical (unpaired) electrons. The lowest BCUT2D eigenvalue weighted by Crippen LogP contribution is -2.39. The molecule has 0 spiro atoms. The zero-order chi connectivity index (χ0) is 17.8. The van der Waals surface area contributed by atoms with Crippen molar-refractivity contribution in [2.45, 2.75) is 58.6 Å². The van der Waals surface area contributed by atoms with E-state index in [-0.39, 0.29) is 11.9 Å². The molecular weight excluding hydrogens is 310 g/mol. The molecule has 132 valence electrons. The fourth-order valence-electron chi connectivity index (χ4n) is 3.35. The molecular formula is C22H27NO2. The van der Waals surface area contributed by atoms with Crippen molar-refractivity contribution in [2.24, 2.45) is 0 Å². The highest BCUT2D eigenvalue weighted by atomic mass is 16.5. The highest BCUT2D eigenvalue weighted by molar-refractivity contribution is 5.81. The van der Waals surface area contributed by atoms with E-state index >= 15 is 0 Å². The van der Waals surface area contributed by atoms with Crippen LogP contribution < -0.4 is 10.1 Å². The van der Waals surface area contributed by atoms with Gasteiger partial charge in [0.25, 0.3) is 5.91 Å². The fourth-order valence-corrected chi connectivity index (χ4v) is 3.35. The highest BCUT2D eigenvalue weighted by Crippen LogP contribution is 2.25. The van der Waals surface area contributed by atoms with E-state index in [1.807, 2.05) is 45.0 Å². The number of benzene rings is 2. The summed E-state index contributed by atoms with van der Waals surface area (Å²) in [6.07, 6.45) is 3.73. The van der Waals surface area contributed by atoms with Crippen LogP contribution in [0.15, 0.2) is 42.5 Å². The van der Waals surface area contributed by atoms with Crippen LogP contribution in [0, 0.1) is 6.92 Å². The number of nitrogens with one attached hydrogen (secondary N) is 1. The summed E-state index contributed by atoms with van der Waals surface area (Å²) in [6, 6.07) is 14.4. The Morgan fingerprint density at radius 3 is 2.56 bits per heavy atom. The van der Waals surface area contributed by atoms with Crippen molar-refractivity contribution in [3.8, 4) is 5.75 Å². The van der Waals surface area contributed by atoms with E-state index in [1.54, 1.807) is 0 Å². The van der Waals surface area contributed by atoms with Crippen LogP contribution in [0.3, 0.4) is 0 Å². The number of carbonyl (C=O) groups is 1. The normalized spacial score (nSPS) is 15.3. The van der Waals surface area contributed by atoms with E-state index in [9.17, 15) is 4.79 Å². The standard InChI is InChI=1S/C22H27NO2/c1-4-21(25-20-12-8-15(2)9-13-20)22(24)23-16(3)18-11-10-17-6-5-7-19(17)14-18/h8-14,16,21H,4-7H2,1-3H3,(H,23,24)/t16-,21+/m1/s1. The van der Waals surface area contributed by atoms with E-state index in [0.29, 0.717) is 6.42 Å². The number of aryl methyl sites for hydroxylation is 3. The van der Waals surface area contributed by atoms with Gasteiger partial charge in [-0.15, -0.1) is 0 Å². The van der Waals surface area contributed by atoms with E-state index in [4.69, 9.17) is 4.74 Å². The maximum absolute atomic E-state index is 12.6. The largest absolute Gasteiger partial charge is 0.481 e. The smallest absolute Gasteiger partial charge is 0.261 e. The minimum absolute atomic E-state index is 0.0194. The summed E-state index contributed by atoms with van der Waals surface area (Å²) in [5.74, 6) is 0.675. The zero-order valence-corrected chi connectivity index (χ0v) is 15.3. The molecule has 0 fully saturated rings. The van der Waals surface area contributed by atoms with Crippen molar-refractivity contribution in [2.75, 3.05) is 0 Å². The molecule has 0 saturated carbocycles. The van der Waals surface area contributed by atoms with Gasteiger partial charge in [-0.25, -0.2) is 0 Å². The van der Waals surface area contributed by atoms with Crippen LogP contribution in [0.4, 0.5) is 0 Å². The summed E-state index contributed by atoms with van der Waals surface area (Å²) in [5, 5.41) is 3.11. The summed E-state index contributed by atoms with van der Waals surface area (Å²) in [6.45, 7) is 6.04. The number of hydrogen-bond donors (Lipinski definition) is 1. The number of hydrogen-bond acceptors (Lipinski definition) is 2. The molecule has 0 bridgehead atoms. The molecule has 1 amide bonds. The summed E-state index contributed by atoms with van der Waals surface area (Å²) in [7, 11) is 0. The van der Waals surface area contributed by atoms with Crippen LogP contribution in [-0.2, 0) is 17.6 Å². The van der Waals surface area contributed by atoms with Gasteiger partial charge in [0, 0.05) is 0 Å². The van der Waals surface area contributed by atoms with Gasteiger partial charge in [0.05, 0.1) is 6.04 Å². The molecule has 1 aliphatic rings. The predicted molar refractivity (Wildman–Crippen MR) is 101 cm³/mol. The van der Waals surface area contributed by atoms with Gasteiger partial charge in [-0.1, -0.05) is 42.8 Å². The fraction of sp³-hybridized carbons (Fsp3) is 0.409. The molecule has 0 aromatic heterocycles. The number of fused-ring (bicyclic) bond motifs is 1. The second-order valence-electron chi connectivity index (χ2n) is 6.94. The Labute approximate surface area is 150 Å². The first-order valence-corrected chi connectivity index (χ1v) is 9.22. The minimum Gasteiger partial charge on any atom is -0.481 e. The van der Waals surface area contributed by atoms with Crippen molar-refractivity contribution in [3.63, 3.8) is 0 Å². The van der Waals surface area contributed by atoms with Gasteiger partial charge in [-0.05, 0) is 68.4 Å². The monoisotopic (exact) mass is 337 g/mol. The Morgan fingerprint density at radius 2 is 1.84 bits per heavy atom. The van der Waals surface area contributed by atoms with Crippen molar-refractivity contribution in [3.05, 3.63) is 64.7 Å². The van der Waals surface area contributed by atoms with Crippen LogP contribution in [0.5, 0.6) is 5.75 Å². The Balaban J connectivity index is 1.63. The quantitative estimate of drug-likeness (QED) is 0.842. The number of amides is 1. The molecule has 25 heavy (non-hydrogen) atoms. The molecule has 1 N–H and O–H groups in total. The minimum atomic E-state index is -0.473. The summed E-state index contributed by atoms with van der Waals surface area (Å²) in [4.78, 5) is 12.6. The van der Waals surface area contributed by atoms with Gasteiger partial charge >= 0.3 is 0 Å². The first kappa shape index (κ1) is 17.5. The average Bonchev–Trinajstić information content (AvgIpc) is 3.08. The van der Waals surface area contributed by atoms with Gasteiger partial charge in [-0.2, -0.15) is 0 Å². The molecule has 3 rings (SSSR count). The Kier molecular flexibility index (Phi) is 5.42. The molecule has 0 heterocycles. The number of ether oxygens (including phenoxy) is 1. The van der Waals surface area contributed by atoms with Crippen LogP contribution in [-0.4, -0.2) is 12.0 Å². The van der Waals surface area contributed by atoms with E-state index in [0.717, 1.165) is 12.2 Å². The maximum atomic E-state index is 12.6. The second-order valence-corrected chi connectivity index (χ2v) is 6.94. The maximum Gasteiger partial charge on any atom is 0.261 e. The molecule has 0 aliphatic heterocycles. The molecule has 3 heteroatoms. The van der Waals surface area contributed by atoms with Crippen molar-refractivity contribution < 1.29 is 9.53 Å². The lowest BCUT2D eigenvalue weighted by atomic mass is 10.0. The molecule has 0 unspecified atom stereocenters. The highest BCUT2D eigenvalue weighted by Gasteiger charge is 2.21. The Bertz CT molecular complexity index is 736. The average molecular weight is 337 g/mol. The van der Waals surface area contributed by atoms with E-state index in [2.05, 4.69) is 23.5 Å². The molecule has 0 saturated heterocycles. The summed E-state index contributed by atoms with van der Waals surface area (Å²) >= 11 is 0. The summed E-state index contributed by atoms with van der Waals surface area (Å²) in [5.41, 5.74) is 5.23. The predicted octanol–water partition coefficient (Wildman–Crippen LogP) is 4.52. The third-order valence-corrected chi connectivity index (χ3v) is 4.94. The van der Waals surface area contributed by atoms with Crippen molar-refractivity contribution in [1.29, 1.82) is 0 Å². The third kappa shape index (κ3) is 4.22. The SMILES string of the molecule is CC[C@H](Oc1ccc(C)cc1)C(=O)N[C@H](C)c1ccc2c(c1)CCC2. The van der Waals surface area contributed by atoms with Gasteiger partial charge in [0.1, 0.15) is 5.75 Å². The van der Waals surface area contributed by atoms with Crippen LogP contribution in [0.25, 0.3) is 0 Å². The second kappa shape index (κ2) is 7.73. The van der Waals surface area contributed by atoms with Crippen LogP contribution in [0.2, 0.25) is 0 Å². The Hall–Kier alpha value is -2.29. The van der Waals surface area contributed by atoms with Gasteiger partial charge in [0.2, 0.25) is 0 Å². The Morgan fingerprint density at radius 1 is 1.12 bits per heavy atom. The number of rotatable bonds is 6.